The molecule has 0 aliphatic carbocycles. The third kappa shape index (κ3) is 2.21. The first kappa shape index (κ1) is 10.7. The van der Waals surface area contributed by atoms with Crippen LogP contribution in [-0.2, 0) is 10.3 Å². The number of rotatable bonds is 2. The molecule has 1 aliphatic heterocycles. The van der Waals surface area contributed by atoms with Gasteiger partial charge in [0.25, 0.3) is 0 Å². The van der Waals surface area contributed by atoms with Crippen LogP contribution in [-0.4, -0.2) is 13.2 Å². The van der Waals surface area contributed by atoms with E-state index in [0.29, 0.717) is 5.92 Å². The zero-order valence-electron chi connectivity index (χ0n) is 9.49. The van der Waals surface area contributed by atoms with Crippen molar-refractivity contribution in [1.82, 2.24) is 0 Å². The molecule has 1 aromatic carbocycles. The Hall–Kier alpha value is -0.860. The Morgan fingerprint density at radius 3 is 2.67 bits per heavy atom. The highest BCUT2D eigenvalue weighted by Gasteiger charge is 2.25. The fourth-order valence-corrected chi connectivity index (χ4v) is 2.22. The van der Waals surface area contributed by atoms with E-state index in [1.807, 2.05) is 0 Å². The minimum atomic E-state index is -0.265. The highest BCUT2D eigenvalue weighted by molar-refractivity contribution is 5.35. The molecule has 2 nitrogen and oxygen atoms in total. The van der Waals surface area contributed by atoms with Gasteiger partial charge in [-0.2, -0.15) is 0 Å². The smallest absolute Gasteiger partial charge is 0.0535 e. The van der Waals surface area contributed by atoms with Gasteiger partial charge in [0.1, 0.15) is 0 Å². The molecule has 2 rings (SSSR count). The molecule has 1 aromatic rings. The van der Waals surface area contributed by atoms with Crippen molar-refractivity contribution in [1.29, 1.82) is 0 Å². The highest BCUT2D eigenvalue weighted by Crippen LogP contribution is 2.32. The molecule has 0 aromatic heterocycles. The third-order valence-corrected chi connectivity index (χ3v) is 3.02. The van der Waals surface area contributed by atoms with E-state index >= 15 is 0 Å². The van der Waals surface area contributed by atoms with Gasteiger partial charge < -0.3 is 10.5 Å². The van der Waals surface area contributed by atoms with Gasteiger partial charge in [-0.15, -0.1) is 0 Å². The van der Waals surface area contributed by atoms with Gasteiger partial charge in [0.05, 0.1) is 6.61 Å². The average Bonchev–Trinajstić information content (AvgIpc) is 2.69. The van der Waals surface area contributed by atoms with Gasteiger partial charge in [-0.1, -0.05) is 24.3 Å². The van der Waals surface area contributed by atoms with Crippen molar-refractivity contribution in [2.75, 3.05) is 13.2 Å². The van der Waals surface area contributed by atoms with Crippen molar-refractivity contribution < 1.29 is 4.74 Å². The van der Waals surface area contributed by atoms with Crippen LogP contribution < -0.4 is 5.73 Å². The molecule has 0 radical (unpaired) electrons. The van der Waals surface area contributed by atoms with Crippen LogP contribution in [0.25, 0.3) is 0 Å². The maximum atomic E-state index is 6.18. The van der Waals surface area contributed by atoms with Crippen LogP contribution in [0.4, 0.5) is 0 Å². The molecule has 0 amide bonds. The van der Waals surface area contributed by atoms with E-state index < -0.39 is 0 Å². The maximum Gasteiger partial charge on any atom is 0.0535 e. The van der Waals surface area contributed by atoms with E-state index in [9.17, 15) is 0 Å². The van der Waals surface area contributed by atoms with Crippen LogP contribution in [0.3, 0.4) is 0 Å². The molecule has 15 heavy (non-hydrogen) atoms. The van der Waals surface area contributed by atoms with Crippen molar-refractivity contribution in [3.63, 3.8) is 0 Å². The quantitative estimate of drug-likeness (QED) is 0.804. The Morgan fingerprint density at radius 2 is 2.07 bits per heavy atom. The maximum absolute atomic E-state index is 6.18. The Bertz CT molecular complexity index is 335. The minimum absolute atomic E-state index is 0.265. The second-order valence-corrected chi connectivity index (χ2v) is 4.87. The van der Waals surface area contributed by atoms with E-state index in [-0.39, 0.29) is 5.54 Å². The summed E-state index contributed by atoms with van der Waals surface area (Å²) in [7, 11) is 0. The highest BCUT2D eigenvalue weighted by atomic mass is 16.5. The molecule has 0 spiro atoms. The zero-order valence-corrected chi connectivity index (χ0v) is 9.49. The first-order valence-corrected chi connectivity index (χ1v) is 5.55. The molecular weight excluding hydrogens is 186 g/mol. The largest absolute Gasteiger partial charge is 0.381 e. The molecule has 82 valence electrons. The number of nitrogens with two attached hydrogens (primary N) is 1. The number of hydrogen-bond donors (Lipinski definition) is 1. The van der Waals surface area contributed by atoms with Gasteiger partial charge in [-0.25, -0.2) is 0 Å². The fourth-order valence-electron chi connectivity index (χ4n) is 2.22. The summed E-state index contributed by atoms with van der Waals surface area (Å²) in [4.78, 5) is 0. The topological polar surface area (TPSA) is 35.2 Å². The van der Waals surface area contributed by atoms with Gasteiger partial charge in [-0.05, 0) is 31.4 Å². The third-order valence-electron chi connectivity index (χ3n) is 3.02. The van der Waals surface area contributed by atoms with E-state index in [1.54, 1.807) is 0 Å². The predicted molar refractivity (Wildman–Crippen MR) is 61.8 cm³/mol. The Balaban J connectivity index is 2.37. The minimum Gasteiger partial charge on any atom is -0.381 e. The Labute approximate surface area is 91.4 Å². The Kier molecular flexibility index (Phi) is 2.81. The van der Waals surface area contributed by atoms with Gasteiger partial charge in [-0.3, -0.25) is 0 Å². The lowest BCUT2D eigenvalue weighted by Gasteiger charge is -2.25. The summed E-state index contributed by atoms with van der Waals surface area (Å²) >= 11 is 0. The van der Waals surface area contributed by atoms with Crippen LogP contribution in [0.2, 0.25) is 0 Å². The van der Waals surface area contributed by atoms with Gasteiger partial charge in [0.15, 0.2) is 0 Å². The first-order chi connectivity index (χ1) is 7.09. The Morgan fingerprint density at radius 1 is 1.33 bits per heavy atom. The number of benzene rings is 1. The molecule has 2 N–H and O–H groups in total. The second kappa shape index (κ2) is 3.95. The summed E-state index contributed by atoms with van der Waals surface area (Å²) in [5.74, 6) is 0.532. The first-order valence-electron chi connectivity index (χ1n) is 5.55. The van der Waals surface area contributed by atoms with E-state index in [0.717, 1.165) is 19.6 Å². The summed E-state index contributed by atoms with van der Waals surface area (Å²) < 4.78 is 5.44. The van der Waals surface area contributed by atoms with Crippen LogP contribution in [0.1, 0.15) is 37.3 Å². The predicted octanol–water partition coefficient (Wildman–Crippen LogP) is 2.38. The molecule has 0 saturated carbocycles. The van der Waals surface area contributed by atoms with Crippen molar-refractivity contribution >= 4 is 0 Å². The molecule has 1 aliphatic rings. The van der Waals surface area contributed by atoms with Crippen molar-refractivity contribution in [3.8, 4) is 0 Å². The van der Waals surface area contributed by atoms with Gasteiger partial charge in [0.2, 0.25) is 0 Å². The summed E-state index contributed by atoms with van der Waals surface area (Å²) in [5, 5.41) is 0. The summed E-state index contributed by atoms with van der Waals surface area (Å²) in [6, 6.07) is 8.46. The van der Waals surface area contributed by atoms with Crippen LogP contribution in [0, 0.1) is 0 Å². The van der Waals surface area contributed by atoms with Crippen LogP contribution in [0.5, 0.6) is 0 Å². The van der Waals surface area contributed by atoms with Gasteiger partial charge >= 0.3 is 0 Å². The van der Waals surface area contributed by atoms with Crippen molar-refractivity contribution in [2.24, 2.45) is 5.73 Å². The van der Waals surface area contributed by atoms with Gasteiger partial charge in [0, 0.05) is 18.1 Å². The normalized spacial score (nSPS) is 21.9. The summed E-state index contributed by atoms with van der Waals surface area (Å²) in [6.07, 6.45) is 1.12. The average molecular weight is 205 g/mol. The SMILES string of the molecule is CC(C)(N)c1ccccc1C1CCOC1. The molecule has 1 fully saturated rings. The van der Waals surface area contributed by atoms with E-state index in [1.165, 1.54) is 11.1 Å². The summed E-state index contributed by atoms with van der Waals surface area (Å²) in [5.41, 5.74) is 8.53. The van der Waals surface area contributed by atoms with E-state index in [4.69, 9.17) is 10.5 Å². The van der Waals surface area contributed by atoms with E-state index in [2.05, 4.69) is 38.1 Å². The lowest BCUT2D eigenvalue weighted by Crippen LogP contribution is -2.30. The summed E-state index contributed by atoms with van der Waals surface area (Å²) in [6.45, 7) is 5.83. The molecule has 1 atom stereocenters. The zero-order chi connectivity index (χ0) is 10.9. The molecule has 2 heteroatoms. The van der Waals surface area contributed by atoms with Crippen molar-refractivity contribution in [3.05, 3.63) is 35.4 Å². The molecule has 1 saturated heterocycles. The molecule has 1 heterocycles. The standard InChI is InChI=1S/C13H19NO/c1-13(2,14)12-6-4-3-5-11(12)10-7-8-15-9-10/h3-6,10H,7-9,14H2,1-2H3. The molecule has 0 bridgehead atoms. The number of hydrogen-bond acceptors (Lipinski definition) is 2. The monoisotopic (exact) mass is 205 g/mol. The lowest BCUT2D eigenvalue weighted by molar-refractivity contribution is 0.193. The van der Waals surface area contributed by atoms with Crippen LogP contribution in [0.15, 0.2) is 24.3 Å². The lowest BCUT2D eigenvalue weighted by atomic mass is 9.85. The molecule has 1 unspecified atom stereocenters. The van der Waals surface area contributed by atoms with Crippen molar-refractivity contribution in [2.45, 2.75) is 31.7 Å². The molecular formula is C13H19NO. The second-order valence-electron chi connectivity index (χ2n) is 4.87. The van der Waals surface area contributed by atoms with Crippen LogP contribution >= 0.6 is 0 Å². The number of ether oxygens (including phenoxy) is 1. The fraction of sp³-hybridized carbons (Fsp3) is 0.538.